The normalized spacial score (nSPS) is 12.6. The fraction of sp³-hybridized carbons (Fsp3) is 0.250. The highest BCUT2D eigenvalue weighted by molar-refractivity contribution is 8.01. The van der Waals surface area contributed by atoms with E-state index in [9.17, 15) is 23.2 Å². The van der Waals surface area contributed by atoms with Gasteiger partial charge in [0.15, 0.2) is 6.10 Å². The van der Waals surface area contributed by atoms with Crippen molar-refractivity contribution >= 4 is 40.9 Å². The lowest BCUT2D eigenvalue weighted by atomic mass is 10.3. The van der Waals surface area contributed by atoms with Gasteiger partial charge in [-0.2, -0.15) is 0 Å². The van der Waals surface area contributed by atoms with Gasteiger partial charge < -0.3 is 15.4 Å². The molecule has 6 nitrogen and oxygen atoms in total. The molecule has 0 heterocycles. The quantitative estimate of drug-likeness (QED) is 0.635. The number of esters is 1. The smallest absolute Gasteiger partial charge is 0.319 e. The molecule has 2 amide bonds. The van der Waals surface area contributed by atoms with Gasteiger partial charge in [0.05, 0.1) is 5.75 Å². The molecule has 2 aromatic carbocycles. The summed E-state index contributed by atoms with van der Waals surface area (Å²) in [6.07, 6.45) is -1.10. The van der Waals surface area contributed by atoms with Crippen LogP contribution in [0.2, 0.25) is 0 Å². The van der Waals surface area contributed by atoms with Crippen LogP contribution in [0, 0.1) is 11.6 Å². The number of carbonyl (C=O) groups excluding carboxylic acids is 3. The lowest BCUT2D eigenvalue weighted by molar-refractivity contribution is -0.152. The molecule has 0 saturated heterocycles. The molecule has 2 atom stereocenters. The minimum absolute atomic E-state index is 0.0302. The van der Waals surface area contributed by atoms with Crippen LogP contribution in [0.5, 0.6) is 0 Å². The van der Waals surface area contributed by atoms with Crippen LogP contribution in [0.3, 0.4) is 0 Å². The van der Waals surface area contributed by atoms with E-state index in [2.05, 4.69) is 10.6 Å². The number of anilines is 2. The number of carbonyl (C=O) groups is 3. The molecule has 0 aromatic heterocycles. The average Bonchev–Trinajstić information content (AvgIpc) is 2.67. The summed E-state index contributed by atoms with van der Waals surface area (Å²) >= 11 is 1.03. The van der Waals surface area contributed by atoms with E-state index in [0.717, 1.165) is 17.8 Å². The molecule has 0 bridgehead atoms. The second-order valence-corrected chi connectivity index (χ2v) is 7.42. The third kappa shape index (κ3) is 7.53. The summed E-state index contributed by atoms with van der Waals surface area (Å²) in [7, 11) is 0. The van der Waals surface area contributed by atoms with Gasteiger partial charge in [-0.1, -0.05) is 6.07 Å². The lowest BCUT2D eigenvalue weighted by Crippen LogP contribution is -2.33. The number of amides is 2. The van der Waals surface area contributed by atoms with Crippen molar-refractivity contribution in [2.75, 3.05) is 16.4 Å². The minimum Gasteiger partial charge on any atom is -0.452 e. The van der Waals surface area contributed by atoms with E-state index in [1.807, 2.05) is 0 Å². The fourth-order valence-corrected chi connectivity index (χ4v) is 2.80. The molecule has 2 aromatic rings. The van der Waals surface area contributed by atoms with Gasteiger partial charge in [0.25, 0.3) is 5.91 Å². The fourth-order valence-electron chi connectivity index (χ4n) is 2.13. The predicted molar refractivity (Wildman–Crippen MR) is 108 cm³/mol. The van der Waals surface area contributed by atoms with E-state index >= 15 is 0 Å². The largest absolute Gasteiger partial charge is 0.452 e. The molecule has 2 unspecified atom stereocenters. The van der Waals surface area contributed by atoms with Crippen LogP contribution in [-0.4, -0.2) is 34.9 Å². The van der Waals surface area contributed by atoms with E-state index in [4.69, 9.17) is 4.74 Å². The van der Waals surface area contributed by atoms with Crippen molar-refractivity contribution in [3.63, 3.8) is 0 Å². The number of nitrogens with one attached hydrogen (secondary N) is 2. The SMILES string of the molecule is CC(OC(=O)C(C)SCC(=O)Nc1ccc(F)cc1)C(=O)Nc1cccc(F)c1. The van der Waals surface area contributed by atoms with Gasteiger partial charge in [0.1, 0.15) is 16.9 Å². The number of hydrogen-bond acceptors (Lipinski definition) is 5. The van der Waals surface area contributed by atoms with Crippen molar-refractivity contribution in [1.82, 2.24) is 0 Å². The van der Waals surface area contributed by atoms with Crippen LogP contribution >= 0.6 is 11.8 Å². The maximum Gasteiger partial charge on any atom is 0.319 e. The van der Waals surface area contributed by atoms with Gasteiger partial charge >= 0.3 is 5.97 Å². The molecule has 0 radical (unpaired) electrons. The topological polar surface area (TPSA) is 84.5 Å². The lowest BCUT2D eigenvalue weighted by Gasteiger charge is -2.16. The first-order valence-corrected chi connectivity index (χ1v) is 9.73. The molecule has 0 spiro atoms. The Bertz CT molecular complexity index is 877. The molecule has 2 rings (SSSR count). The van der Waals surface area contributed by atoms with Gasteiger partial charge in [-0.3, -0.25) is 14.4 Å². The summed E-state index contributed by atoms with van der Waals surface area (Å²) in [4.78, 5) is 36.1. The Morgan fingerprint density at radius 1 is 0.966 bits per heavy atom. The highest BCUT2D eigenvalue weighted by Crippen LogP contribution is 2.16. The van der Waals surface area contributed by atoms with Gasteiger partial charge in [-0.15, -0.1) is 11.8 Å². The zero-order valence-corrected chi connectivity index (χ0v) is 16.6. The summed E-state index contributed by atoms with van der Waals surface area (Å²) in [5.74, 6) is -2.57. The molecular formula is C20H20F2N2O4S. The number of ether oxygens (including phenoxy) is 1. The van der Waals surface area contributed by atoms with Crippen LogP contribution in [0.25, 0.3) is 0 Å². The maximum atomic E-state index is 13.2. The van der Waals surface area contributed by atoms with Crippen LogP contribution in [0.15, 0.2) is 48.5 Å². The summed E-state index contributed by atoms with van der Waals surface area (Å²) in [6.45, 7) is 2.94. The number of hydrogen-bond donors (Lipinski definition) is 2. The summed E-state index contributed by atoms with van der Waals surface area (Å²) in [5, 5.41) is 4.34. The predicted octanol–water partition coefficient (Wildman–Crippen LogP) is 3.60. The van der Waals surface area contributed by atoms with E-state index in [1.54, 1.807) is 6.92 Å². The van der Waals surface area contributed by atoms with E-state index in [1.165, 1.54) is 49.4 Å². The number of halogens is 2. The van der Waals surface area contributed by atoms with Gasteiger partial charge in [0, 0.05) is 11.4 Å². The van der Waals surface area contributed by atoms with Crippen molar-refractivity contribution in [3.8, 4) is 0 Å². The molecular weight excluding hydrogens is 402 g/mol. The first kappa shape index (κ1) is 22.4. The van der Waals surface area contributed by atoms with Gasteiger partial charge in [-0.05, 0) is 56.3 Å². The Labute approximate surface area is 171 Å². The maximum absolute atomic E-state index is 13.2. The molecule has 2 N–H and O–H groups in total. The van der Waals surface area contributed by atoms with Crippen LogP contribution in [0.4, 0.5) is 20.2 Å². The minimum atomic E-state index is -1.10. The highest BCUT2D eigenvalue weighted by atomic mass is 32.2. The average molecular weight is 422 g/mol. The van der Waals surface area contributed by atoms with Gasteiger partial charge in [0.2, 0.25) is 5.91 Å². The number of benzene rings is 2. The van der Waals surface area contributed by atoms with Crippen molar-refractivity contribution in [2.24, 2.45) is 0 Å². The zero-order chi connectivity index (χ0) is 21.4. The third-order valence-corrected chi connectivity index (χ3v) is 4.80. The molecule has 0 aliphatic rings. The Morgan fingerprint density at radius 2 is 1.66 bits per heavy atom. The Hall–Kier alpha value is -2.94. The van der Waals surface area contributed by atoms with E-state index in [-0.39, 0.29) is 17.3 Å². The standard InChI is InChI=1S/C20H20F2N2O4S/c1-12(19(26)24-17-5-3-4-15(22)10-17)28-20(27)13(2)29-11-18(25)23-16-8-6-14(21)7-9-16/h3-10,12-13H,11H2,1-2H3,(H,23,25)(H,24,26). The van der Waals surface area contributed by atoms with Crippen molar-refractivity contribution < 1.29 is 27.9 Å². The van der Waals surface area contributed by atoms with Gasteiger partial charge in [-0.25, -0.2) is 8.78 Å². The number of thioether (sulfide) groups is 1. The van der Waals surface area contributed by atoms with Crippen molar-refractivity contribution in [1.29, 1.82) is 0 Å². The Balaban J connectivity index is 1.76. The molecule has 29 heavy (non-hydrogen) atoms. The third-order valence-electron chi connectivity index (χ3n) is 3.68. The van der Waals surface area contributed by atoms with Crippen LogP contribution < -0.4 is 10.6 Å². The Kier molecular flexibility index (Phi) is 8.14. The summed E-state index contributed by atoms with van der Waals surface area (Å²) < 4.78 is 31.1. The monoisotopic (exact) mass is 422 g/mol. The molecule has 9 heteroatoms. The second-order valence-electron chi connectivity index (χ2n) is 6.09. The summed E-state index contributed by atoms with van der Waals surface area (Å²) in [6, 6.07) is 10.6. The second kappa shape index (κ2) is 10.6. The molecule has 0 fully saturated rings. The molecule has 0 aliphatic heterocycles. The van der Waals surface area contributed by atoms with Crippen molar-refractivity contribution in [2.45, 2.75) is 25.2 Å². The van der Waals surface area contributed by atoms with Crippen LogP contribution in [-0.2, 0) is 19.1 Å². The molecule has 0 aliphatic carbocycles. The van der Waals surface area contributed by atoms with E-state index in [0.29, 0.717) is 5.69 Å². The first-order chi connectivity index (χ1) is 13.7. The first-order valence-electron chi connectivity index (χ1n) is 8.68. The highest BCUT2D eigenvalue weighted by Gasteiger charge is 2.23. The number of rotatable bonds is 8. The Morgan fingerprint density at radius 3 is 2.31 bits per heavy atom. The molecule has 154 valence electrons. The van der Waals surface area contributed by atoms with Crippen LogP contribution in [0.1, 0.15) is 13.8 Å². The van der Waals surface area contributed by atoms with Crippen molar-refractivity contribution in [3.05, 3.63) is 60.2 Å². The zero-order valence-electron chi connectivity index (χ0n) is 15.8. The summed E-state index contributed by atoms with van der Waals surface area (Å²) in [5.41, 5.74) is 0.688. The molecule has 0 saturated carbocycles. The van der Waals surface area contributed by atoms with E-state index < -0.39 is 34.9 Å².